The third kappa shape index (κ3) is 1.55. The first-order valence-corrected chi connectivity index (χ1v) is 7.16. The molecule has 4 rings (SSSR count). The summed E-state index contributed by atoms with van der Waals surface area (Å²) >= 11 is 0. The second kappa shape index (κ2) is 3.80. The lowest BCUT2D eigenvalue weighted by atomic mass is 9.95. The fourth-order valence-corrected chi connectivity index (χ4v) is 4.95. The molecule has 3 fully saturated rings. The van der Waals surface area contributed by atoms with Gasteiger partial charge in [-0.2, -0.15) is 0 Å². The lowest BCUT2D eigenvalue weighted by molar-refractivity contribution is 0.128. The molecule has 0 radical (unpaired) electrons. The van der Waals surface area contributed by atoms with Gasteiger partial charge in [0, 0.05) is 0 Å². The van der Waals surface area contributed by atoms with Gasteiger partial charge in [0.1, 0.15) is 5.82 Å². The Morgan fingerprint density at radius 3 is 2.61 bits per heavy atom. The molecule has 0 aliphatic heterocycles. The van der Waals surface area contributed by atoms with Crippen LogP contribution >= 0.6 is 0 Å². The molecule has 5 atom stereocenters. The number of aliphatic hydroxyl groups excluding tert-OH is 1. The predicted molar refractivity (Wildman–Crippen MR) is 67.4 cm³/mol. The summed E-state index contributed by atoms with van der Waals surface area (Å²) in [4.78, 5) is 0. The highest BCUT2D eigenvalue weighted by atomic mass is 19.1. The molecule has 1 N–H and O–H groups in total. The number of benzene rings is 1. The Morgan fingerprint density at radius 1 is 1.22 bits per heavy atom. The summed E-state index contributed by atoms with van der Waals surface area (Å²) in [5.74, 6) is 3.70. The van der Waals surface area contributed by atoms with Crippen LogP contribution in [0.4, 0.5) is 4.39 Å². The van der Waals surface area contributed by atoms with Gasteiger partial charge in [-0.05, 0) is 73.0 Å². The molecule has 0 aromatic heterocycles. The van der Waals surface area contributed by atoms with Crippen LogP contribution in [0.5, 0.6) is 0 Å². The van der Waals surface area contributed by atoms with Gasteiger partial charge in [0.2, 0.25) is 0 Å². The quantitative estimate of drug-likeness (QED) is 0.869. The Morgan fingerprint density at radius 2 is 1.94 bits per heavy atom. The highest BCUT2D eigenvalue weighted by Gasteiger charge is 2.66. The molecule has 96 valence electrons. The zero-order valence-corrected chi connectivity index (χ0v) is 10.4. The van der Waals surface area contributed by atoms with Crippen molar-refractivity contribution in [1.82, 2.24) is 0 Å². The minimum absolute atomic E-state index is 0.198. The van der Waals surface area contributed by atoms with Crippen LogP contribution in [0.1, 0.15) is 24.8 Å². The first-order chi connectivity index (χ1) is 8.74. The molecule has 0 heterocycles. The summed E-state index contributed by atoms with van der Waals surface area (Å²) in [6.45, 7) is 0. The van der Waals surface area contributed by atoms with E-state index < -0.39 is 0 Å². The second-order valence-corrected chi connectivity index (χ2v) is 6.47. The maximum absolute atomic E-state index is 13.1. The predicted octanol–water partition coefficient (Wildman–Crippen LogP) is 3.02. The smallest absolute Gasteiger partial charge is 0.123 e. The summed E-state index contributed by atoms with van der Waals surface area (Å²) < 4.78 is 13.1. The van der Waals surface area contributed by atoms with Crippen molar-refractivity contribution in [2.45, 2.75) is 31.8 Å². The molecule has 0 saturated heterocycles. The van der Waals surface area contributed by atoms with E-state index in [0.717, 1.165) is 29.2 Å². The minimum atomic E-state index is -0.259. The van der Waals surface area contributed by atoms with Gasteiger partial charge in [0.05, 0.1) is 6.10 Å². The third-order valence-electron chi connectivity index (χ3n) is 5.57. The SMILES string of the molecule is OC(Cc1cccc(F)c1)C1C2C3CCC(C3)C12. The lowest BCUT2D eigenvalue weighted by Crippen LogP contribution is -2.18. The molecule has 18 heavy (non-hydrogen) atoms. The Balaban J connectivity index is 1.45. The van der Waals surface area contributed by atoms with Crippen molar-refractivity contribution < 1.29 is 9.50 Å². The average Bonchev–Trinajstić information content (AvgIpc) is 2.79. The van der Waals surface area contributed by atoms with E-state index in [-0.39, 0.29) is 11.9 Å². The summed E-state index contributed by atoms with van der Waals surface area (Å²) in [6.07, 6.45) is 4.54. The first-order valence-electron chi connectivity index (χ1n) is 7.16. The second-order valence-electron chi connectivity index (χ2n) is 6.47. The van der Waals surface area contributed by atoms with Gasteiger partial charge < -0.3 is 5.11 Å². The summed E-state index contributed by atoms with van der Waals surface area (Å²) in [6, 6.07) is 6.66. The van der Waals surface area contributed by atoms with E-state index in [1.807, 2.05) is 6.07 Å². The fraction of sp³-hybridized carbons (Fsp3) is 0.625. The number of rotatable bonds is 3. The number of hydrogen-bond donors (Lipinski definition) is 1. The monoisotopic (exact) mass is 246 g/mol. The molecular formula is C16H19FO. The highest BCUT2D eigenvalue weighted by Crippen LogP contribution is 2.70. The maximum atomic E-state index is 13.1. The Labute approximate surface area is 107 Å². The van der Waals surface area contributed by atoms with Gasteiger partial charge >= 0.3 is 0 Å². The van der Waals surface area contributed by atoms with E-state index in [1.54, 1.807) is 12.1 Å². The van der Waals surface area contributed by atoms with E-state index in [0.29, 0.717) is 12.3 Å². The van der Waals surface area contributed by atoms with Crippen LogP contribution < -0.4 is 0 Å². The van der Waals surface area contributed by atoms with Gasteiger partial charge in [-0.25, -0.2) is 4.39 Å². The molecule has 5 unspecified atom stereocenters. The van der Waals surface area contributed by atoms with Crippen LogP contribution in [0, 0.1) is 35.4 Å². The van der Waals surface area contributed by atoms with Gasteiger partial charge in [-0.3, -0.25) is 0 Å². The van der Waals surface area contributed by atoms with Crippen LogP contribution in [0.2, 0.25) is 0 Å². The zero-order chi connectivity index (χ0) is 12.3. The molecule has 3 aliphatic rings. The van der Waals surface area contributed by atoms with Crippen molar-refractivity contribution >= 4 is 0 Å². The van der Waals surface area contributed by atoms with Crippen molar-refractivity contribution in [3.63, 3.8) is 0 Å². The standard InChI is InChI=1S/C16H19FO/c17-12-3-1-2-9(6-12)7-13(18)16-14-10-4-5-11(8-10)15(14)16/h1-3,6,10-11,13-16,18H,4-5,7-8H2. The van der Waals surface area contributed by atoms with E-state index in [4.69, 9.17) is 0 Å². The molecule has 3 aliphatic carbocycles. The van der Waals surface area contributed by atoms with Gasteiger partial charge in [-0.1, -0.05) is 12.1 Å². The highest BCUT2D eigenvalue weighted by molar-refractivity contribution is 5.20. The topological polar surface area (TPSA) is 20.2 Å². The zero-order valence-electron chi connectivity index (χ0n) is 10.4. The van der Waals surface area contributed by atoms with Crippen molar-refractivity contribution in [3.05, 3.63) is 35.6 Å². The summed E-state index contributed by atoms with van der Waals surface area (Å²) in [7, 11) is 0. The molecule has 3 saturated carbocycles. The number of fused-ring (bicyclic) bond motifs is 5. The maximum Gasteiger partial charge on any atom is 0.123 e. The van der Waals surface area contributed by atoms with Crippen LogP contribution in [-0.2, 0) is 6.42 Å². The molecule has 2 heteroatoms. The number of aliphatic hydroxyl groups is 1. The van der Waals surface area contributed by atoms with Crippen LogP contribution in [-0.4, -0.2) is 11.2 Å². The molecule has 0 spiro atoms. The molecule has 1 aromatic rings. The average molecular weight is 246 g/mol. The lowest BCUT2D eigenvalue weighted by Gasteiger charge is -2.15. The Hall–Kier alpha value is -0.890. The van der Waals surface area contributed by atoms with Crippen LogP contribution in [0.3, 0.4) is 0 Å². The Kier molecular flexibility index (Phi) is 2.32. The molecule has 2 bridgehead atoms. The first kappa shape index (κ1) is 11.0. The van der Waals surface area contributed by atoms with Crippen LogP contribution in [0.15, 0.2) is 24.3 Å². The van der Waals surface area contributed by atoms with Gasteiger partial charge in [-0.15, -0.1) is 0 Å². The van der Waals surface area contributed by atoms with E-state index in [1.165, 1.54) is 25.3 Å². The normalized spacial score (nSPS) is 41.8. The fourth-order valence-electron chi connectivity index (χ4n) is 4.95. The number of hydrogen-bond acceptors (Lipinski definition) is 1. The molecule has 0 amide bonds. The largest absolute Gasteiger partial charge is 0.392 e. The summed E-state index contributed by atoms with van der Waals surface area (Å²) in [5.41, 5.74) is 0.930. The van der Waals surface area contributed by atoms with E-state index >= 15 is 0 Å². The summed E-state index contributed by atoms with van der Waals surface area (Å²) in [5, 5.41) is 10.4. The molecule has 1 nitrogen and oxygen atoms in total. The van der Waals surface area contributed by atoms with Crippen molar-refractivity contribution in [1.29, 1.82) is 0 Å². The van der Waals surface area contributed by atoms with Gasteiger partial charge in [0.25, 0.3) is 0 Å². The Bertz CT molecular complexity index is 456. The van der Waals surface area contributed by atoms with Crippen molar-refractivity contribution in [2.75, 3.05) is 0 Å². The van der Waals surface area contributed by atoms with Crippen molar-refractivity contribution in [2.24, 2.45) is 29.6 Å². The molecule has 1 aromatic carbocycles. The third-order valence-corrected chi connectivity index (χ3v) is 5.57. The van der Waals surface area contributed by atoms with Crippen LogP contribution in [0.25, 0.3) is 0 Å². The number of halogens is 1. The minimum Gasteiger partial charge on any atom is -0.392 e. The van der Waals surface area contributed by atoms with E-state index in [2.05, 4.69) is 0 Å². The van der Waals surface area contributed by atoms with Crippen molar-refractivity contribution in [3.8, 4) is 0 Å². The molecular weight excluding hydrogens is 227 g/mol. The van der Waals surface area contributed by atoms with E-state index in [9.17, 15) is 9.50 Å². The van der Waals surface area contributed by atoms with Gasteiger partial charge in [0.15, 0.2) is 0 Å².